The quantitative estimate of drug-likeness (QED) is 0.600. The zero-order valence-electron chi connectivity index (χ0n) is 17.0. The summed E-state index contributed by atoms with van der Waals surface area (Å²) in [5, 5.41) is 0. The summed E-state index contributed by atoms with van der Waals surface area (Å²) in [6.45, 7) is 1.92. The first-order chi connectivity index (χ1) is 14.4. The number of halogens is 2. The molecule has 1 aromatic carbocycles. The van der Waals surface area contributed by atoms with Crippen LogP contribution in [0.4, 0.5) is 4.39 Å². The first kappa shape index (κ1) is 21.6. The number of carbonyl (C=O) groups is 2. The minimum Gasteiger partial charge on any atom is -0.380 e. The van der Waals surface area contributed by atoms with Gasteiger partial charge in [0.25, 0.3) is 0 Å². The summed E-state index contributed by atoms with van der Waals surface area (Å²) in [6.07, 6.45) is 0.647. The molecule has 30 heavy (non-hydrogen) atoms. The van der Waals surface area contributed by atoms with Crippen molar-refractivity contribution in [3.05, 3.63) is 56.2 Å². The second kappa shape index (κ2) is 8.87. The normalized spacial score (nSPS) is 24.4. The summed E-state index contributed by atoms with van der Waals surface area (Å²) in [5.74, 6) is -0.0607. The van der Waals surface area contributed by atoms with E-state index in [-0.39, 0.29) is 31.0 Å². The number of rotatable bonds is 6. The van der Waals surface area contributed by atoms with Gasteiger partial charge in [0, 0.05) is 32.5 Å². The molecule has 0 amide bonds. The van der Waals surface area contributed by atoms with Crippen molar-refractivity contribution in [2.45, 2.75) is 31.9 Å². The molecule has 0 bridgehead atoms. The Bertz CT molecular complexity index is 954. The van der Waals surface area contributed by atoms with Crippen LogP contribution in [-0.2, 0) is 22.4 Å². The van der Waals surface area contributed by atoms with E-state index >= 15 is 0 Å². The zero-order chi connectivity index (χ0) is 21.3. The lowest BCUT2D eigenvalue weighted by Gasteiger charge is -2.25. The van der Waals surface area contributed by atoms with Crippen LogP contribution in [0.2, 0.25) is 4.34 Å². The number of thiophene rings is 1. The minimum atomic E-state index is -1.01. The Hall–Kier alpha value is -1.60. The molecule has 1 fully saturated rings. The smallest absolute Gasteiger partial charge is 0.173 e. The first-order valence-corrected chi connectivity index (χ1v) is 11.4. The van der Waals surface area contributed by atoms with Crippen molar-refractivity contribution in [1.29, 1.82) is 0 Å². The third-order valence-electron chi connectivity index (χ3n) is 6.19. The van der Waals surface area contributed by atoms with Crippen LogP contribution in [0.25, 0.3) is 0 Å². The van der Waals surface area contributed by atoms with E-state index in [4.69, 9.17) is 16.3 Å². The van der Waals surface area contributed by atoms with Gasteiger partial charge in [-0.25, -0.2) is 4.39 Å². The van der Waals surface area contributed by atoms with Crippen molar-refractivity contribution in [2.24, 2.45) is 5.41 Å². The Kier molecular flexibility index (Phi) is 6.39. The lowest BCUT2D eigenvalue weighted by Crippen LogP contribution is -2.35. The number of carbonyl (C=O) groups excluding carboxylic acids is 2. The van der Waals surface area contributed by atoms with Crippen LogP contribution in [0.1, 0.15) is 45.4 Å². The van der Waals surface area contributed by atoms with Crippen LogP contribution in [0.3, 0.4) is 0 Å². The number of Topliss-reactive ketones (excluding diaryl/α,β-unsaturated/α-hetero) is 2. The third kappa shape index (κ3) is 4.52. The molecule has 0 radical (unpaired) electrons. The van der Waals surface area contributed by atoms with Gasteiger partial charge in [0.1, 0.15) is 12.0 Å². The van der Waals surface area contributed by atoms with Gasteiger partial charge in [-0.2, -0.15) is 0 Å². The molecule has 2 aliphatic heterocycles. The summed E-state index contributed by atoms with van der Waals surface area (Å²) in [7, 11) is 1.92. The Balaban J connectivity index is 1.52. The van der Waals surface area contributed by atoms with E-state index in [1.165, 1.54) is 11.3 Å². The summed E-state index contributed by atoms with van der Waals surface area (Å²) in [4.78, 5) is 28.7. The number of hydrogen-bond donors (Lipinski definition) is 0. The number of ether oxygens (including phenoxy) is 1. The Morgan fingerprint density at radius 3 is 2.87 bits per heavy atom. The molecule has 0 saturated carbocycles. The van der Waals surface area contributed by atoms with E-state index in [1.807, 2.05) is 30.1 Å². The van der Waals surface area contributed by atoms with Crippen molar-refractivity contribution in [2.75, 3.05) is 33.4 Å². The molecule has 2 aliphatic rings. The van der Waals surface area contributed by atoms with Crippen molar-refractivity contribution in [3.8, 4) is 0 Å². The highest BCUT2D eigenvalue weighted by Crippen LogP contribution is 2.37. The number of benzene rings is 1. The molecule has 4 nitrogen and oxygen atoms in total. The maximum atomic E-state index is 14.5. The highest BCUT2D eigenvalue weighted by atomic mass is 35.5. The van der Waals surface area contributed by atoms with Crippen LogP contribution < -0.4 is 0 Å². The van der Waals surface area contributed by atoms with Gasteiger partial charge in [-0.15, -0.1) is 11.3 Å². The highest BCUT2D eigenvalue weighted by Gasteiger charge is 2.43. The van der Waals surface area contributed by atoms with E-state index in [1.54, 1.807) is 12.1 Å². The van der Waals surface area contributed by atoms with Gasteiger partial charge in [0.15, 0.2) is 5.78 Å². The molecule has 1 saturated heterocycles. The largest absolute Gasteiger partial charge is 0.380 e. The van der Waals surface area contributed by atoms with Crippen molar-refractivity contribution < 1.29 is 18.7 Å². The molecule has 0 N–H and O–H groups in total. The number of likely N-dealkylation sites (N-methyl/N-ethyl adjacent to an activating group) is 1. The summed E-state index contributed by atoms with van der Waals surface area (Å²) >= 11 is 7.20. The monoisotopic (exact) mass is 449 g/mol. The van der Waals surface area contributed by atoms with Gasteiger partial charge < -0.3 is 9.64 Å². The highest BCUT2D eigenvalue weighted by molar-refractivity contribution is 7.18. The fourth-order valence-electron chi connectivity index (χ4n) is 4.36. The van der Waals surface area contributed by atoms with Crippen molar-refractivity contribution in [3.63, 3.8) is 0 Å². The lowest BCUT2D eigenvalue weighted by atomic mass is 9.76. The Morgan fingerprint density at radius 2 is 2.17 bits per heavy atom. The van der Waals surface area contributed by atoms with E-state index < -0.39 is 11.6 Å². The number of nitrogens with zero attached hydrogens (tertiary/aromatic N) is 1. The summed E-state index contributed by atoms with van der Waals surface area (Å²) < 4.78 is 20.6. The van der Waals surface area contributed by atoms with Gasteiger partial charge >= 0.3 is 0 Å². The van der Waals surface area contributed by atoms with Gasteiger partial charge in [-0.05, 0) is 48.7 Å². The molecule has 2 atom stereocenters. The van der Waals surface area contributed by atoms with Crippen LogP contribution in [0.15, 0.2) is 30.3 Å². The van der Waals surface area contributed by atoms with Gasteiger partial charge in [-0.1, -0.05) is 29.8 Å². The SMILES string of the molecule is CN1CCc2cc(CC(=O)C3(CC(=O)c4ccc(Cl)s4)CCOC3)ccc2C(F)C1. The van der Waals surface area contributed by atoms with Crippen LogP contribution >= 0.6 is 22.9 Å². The van der Waals surface area contributed by atoms with Crippen molar-refractivity contribution >= 4 is 34.5 Å². The maximum Gasteiger partial charge on any atom is 0.173 e. The van der Waals surface area contributed by atoms with E-state index in [9.17, 15) is 14.0 Å². The first-order valence-electron chi connectivity index (χ1n) is 10.2. The second-order valence-corrected chi connectivity index (χ2v) is 10.1. The summed E-state index contributed by atoms with van der Waals surface area (Å²) in [6, 6.07) is 9.03. The molecular weight excluding hydrogens is 425 g/mol. The third-order valence-corrected chi connectivity index (χ3v) is 7.46. The van der Waals surface area contributed by atoms with Gasteiger partial charge in [-0.3, -0.25) is 9.59 Å². The second-order valence-electron chi connectivity index (χ2n) is 8.40. The molecule has 0 spiro atoms. The molecule has 160 valence electrons. The average molecular weight is 450 g/mol. The predicted octanol–water partition coefficient (Wildman–Crippen LogP) is 4.69. The fourth-order valence-corrected chi connectivity index (χ4v) is 5.34. The van der Waals surface area contributed by atoms with Gasteiger partial charge in [0.2, 0.25) is 0 Å². The molecular formula is C23H25ClFNO3S. The summed E-state index contributed by atoms with van der Waals surface area (Å²) in [5.41, 5.74) is 1.76. The topological polar surface area (TPSA) is 46.6 Å². The fraction of sp³-hybridized carbons (Fsp3) is 0.478. The lowest BCUT2D eigenvalue weighted by molar-refractivity contribution is -0.128. The van der Waals surface area contributed by atoms with Crippen LogP contribution in [0, 0.1) is 5.41 Å². The molecule has 7 heteroatoms. The van der Waals surface area contributed by atoms with Crippen LogP contribution in [-0.4, -0.2) is 49.8 Å². The van der Waals surface area contributed by atoms with Crippen molar-refractivity contribution in [1.82, 2.24) is 4.90 Å². The average Bonchev–Trinajstić information content (AvgIpc) is 3.33. The molecule has 1 aromatic heterocycles. The van der Waals surface area contributed by atoms with E-state index in [0.29, 0.717) is 28.8 Å². The molecule has 2 aromatic rings. The number of fused-ring (bicyclic) bond motifs is 1. The number of hydrogen-bond acceptors (Lipinski definition) is 5. The van der Waals surface area contributed by atoms with E-state index in [2.05, 4.69) is 0 Å². The predicted molar refractivity (Wildman–Crippen MR) is 116 cm³/mol. The number of ketones is 2. The van der Waals surface area contributed by atoms with Crippen LogP contribution in [0.5, 0.6) is 0 Å². The molecule has 4 rings (SSSR count). The Morgan fingerprint density at radius 1 is 1.33 bits per heavy atom. The molecule has 2 unspecified atom stereocenters. The molecule has 0 aliphatic carbocycles. The number of alkyl halides is 1. The van der Waals surface area contributed by atoms with E-state index in [0.717, 1.165) is 29.7 Å². The van der Waals surface area contributed by atoms with Gasteiger partial charge in [0.05, 0.1) is 21.2 Å². The maximum absolute atomic E-state index is 14.5. The standard InChI is InChI=1S/C23H25ClFNO3S/c1-26-8-6-16-10-15(2-3-17(16)18(25)13-26)11-21(28)23(7-9-29-14-23)12-19(27)20-4-5-22(24)30-20/h2-5,10,18H,6-9,11-14H2,1H3. The Labute approximate surface area is 185 Å². The zero-order valence-corrected chi connectivity index (χ0v) is 18.5. The molecule has 3 heterocycles. The minimum absolute atomic E-state index is 0.0125.